The summed E-state index contributed by atoms with van der Waals surface area (Å²) in [6.45, 7) is 6.65. The highest BCUT2D eigenvalue weighted by Crippen LogP contribution is 2.26. The molecule has 1 aromatic rings. The number of carbonyl (C=O) groups is 2. The standard InChI is InChI=1S/C16H22N2O2S/c1-4-21-10-9-18-13-8-6-5-7-12(13)15(19)17-14(11(2)3)16(18)20/h5-8,11,14H,4,9-10H2,1-3H3,(H,17,19). The van der Waals surface area contributed by atoms with Gasteiger partial charge in [0.1, 0.15) is 6.04 Å². The molecule has 1 aliphatic rings. The van der Waals surface area contributed by atoms with Gasteiger partial charge in [0.05, 0.1) is 11.3 Å². The van der Waals surface area contributed by atoms with Crippen molar-refractivity contribution in [3.8, 4) is 0 Å². The molecule has 0 aliphatic carbocycles. The highest BCUT2D eigenvalue weighted by Gasteiger charge is 2.34. The van der Waals surface area contributed by atoms with E-state index in [4.69, 9.17) is 0 Å². The van der Waals surface area contributed by atoms with Crippen molar-refractivity contribution in [1.82, 2.24) is 5.32 Å². The Balaban J connectivity index is 2.38. The molecular weight excluding hydrogens is 284 g/mol. The first-order valence-corrected chi connectivity index (χ1v) is 8.50. The Kier molecular flexibility index (Phi) is 5.28. The minimum absolute atomic E-state index is 0.0139. The monoisotopic (exact) mass is 306 g/mol. The Morgan fingerprint density at radius 1 is 1.29 bits per heavy atom. The Morgan fingerprint density at radius 2 is 2.00 bits per heavy atom. The number of hydrogen-bond donors (Lipinski definition) is 1. The van der Waals surface area contributed by atoms with Crippen molar-refractivity contribution in [3.05, 3.63) is 29.8 Å². The number of amides is 2. The van der Waals surface area contributed by atoms with Gasteiger partial charge in [0.25, 0.3) is 5.91 Å². The molecule has 0 saturated carbocycles. The third-order valence-corrected chi connectivity index (χ3v) is 4.47. The lowest BCUT2D eigenvalue weighted by Crippen LogP contribution is -2.49. The first-order valence-electron chi connectivity index (χ1n) is 7.35. The molecule has 0 spiro atoms. The van der Waals surface area contributed by atoms with Gasteiger partial charge < -0.3 is 10.2 Å². The van der Waals surface area contributed by atoms with E-state index in [9.17, 15) is 9.59 Å². The molecule has 1 aromatic carbocycles. The fraction of sp³-hybridized carbons (Fsp3) is 0.500. The van der Waals surface area contributed by atoms with Gasteiger partial charge in [0.2, 0.25) is 5.91 Å². The molecule has 2 amide bonds. The highest BCUT2D eigenvalue weighted by molar-refractivity contribution is 7.99. The normalized spacial score (nSPS) is 18.5. The van der Waals surface area contributed by atoms with Crippen molar-refractivity contribution in [2.75, 3.05) is 23.0 Å². The molecule has 114 valence electrons. The topological polar surface area (TPSA) is 49.4 Å². The molecule has 0 fully saturated rings. The summed E-state index contributed by atoms with van der Waals surface area (Å²) >= 11 is 1.80. The molecule has 1 atom stereocenters. The maximum absolute atomic E-state index is 12.8. The van der Waals surface area contributed by atoms with Gasteiger partial charge in [-0.2, -0.15) is 11.8 Å². The molecule has 5 heteroatoms. The fourth-order valence-corrected chi connectivity index (χ4v) is 3.05. The van der Waals surface area contributed by atoms with Crippen molar-refractivity contribution in [1.29, 1.82) is 0 Å². The zero-order valence-electron chi connectivity index (χ0n) is 12.8. The van der Waals surface area contributed by atoms with Crippen LogP contribution in [0, 0.1) is 5.92 Å². The quantitative estimate of drug-likeness (QED) is 0.851. The van der Waals surface area contributed by atoms with Crippen molar-refractivity contribution in [3.63, 3.8) is 0 Å². The molecule has 1 N–H and O–H groups in total. The van der Waals surface area contributed by atoms with Gasteiger partial charge in [-0.25, -0.2) is 0 Å². The van der Waals surface area contributed by atoms with Crippen LogP contribution in [0.25, 0.3) is 0 Å². The maximum Gasteiger partial charge on any atom is 0.254 e. The van der Waals surface area contributed by atoms with E-state index in [0.29, 0.717) is 12.1 Å². The SMILES string of the molecule is CCSCCN1C(=O)C(C(C)C)NC(=O)c2ccccc21. The van der Waals surface area contributed by atoms with Crippen LogP contribution in [0.5, 0.6) is 0 Å². The molecule has 0 aromatic heterocycles. The number of benzene rings is 1. The number of nitrogens with one attached hydrogen (secondary N) is 1. The Labute approximate surface area is 130 Å². The van der Waals surface area contributed by atoms with Gasteiger partial charge >= 0.3 is 0 Å². The van der Waals surface area contributed by atoms with Crippen LogP contribution >= 0.6 is 11.8 Å². The van der Waals surface area contributed by atoms with Gasteiger partial charge in [-0.05, 0) is 23.8 Å². The Bertz CT molecular complexity index is 531. The number of thioether (sulfide) groups is 1. The van der Waals surface area contributed by atoms with Crippen LogP contribution in [0.1, 0.15) is 31.1 Å². The Hall–Kier alpha value is -1.49. The average Bonchev–Trinajstić information content (AvgIpc) is 2.57. The average molecular weight is 306 g/mol. The van der Waals surface area contributed by atoms with E-state index >= 15 is 0 Å². The van der Waals surface area contributed by atoms with E-state index < -0.39 is 6.04 Å². The third-order valence-electron chi connectivity index (χ3n) is 3.59. The van der Waals surface area contributed by atoms with E-state index in [0.717, 1.165) is 17.2 Å². The minimum Gasteiger partial charge on any atom is -0.340 e. The number of carbonyl (C=O) groups excluding carboxylic acids is 2. The highest BCUT2D eigenvalue weighted by atomic mass is 32.2. The van der Waals surface area contributed by atoms with E-state index in [1.165, 1.54) is 0 Å². The zero-order valence-corrected chi connectivity index (χ0v) is 13.6. The summed E-state index contributed by atoms with van der Waals surface area (Å²) in [6, 6.07) is 6.87. The lowest BCUT2D eigenvalue weighted by Gasteiger charge is -2.26. The van der Waals surface area contributed by atoms with Crippen LogP contribution in [0.15, 0.2) is 24.3 Å². The van der Waals surface area contributed by atoms with Crippen molar-refractivity contribution in [2.24, 2.45) is 5.92 Å². The van der Waals surface area contributed by atoms with E-state index in [1.807, 2.05) is 32.0 Å². The van der Waals surface area contributed by atoms with Crippen LogP contribution in [0.4, 0.5) is 5.69 Å². The van der Waals surface area contributed by atoms with Crippen LogP contribution in [0.3, 0.4) is 0 Å². The summed E-state index contributed by atoms with van der Waals surface area (Å²) in [5.41, 5.74) is 1.30. The maximum atomic E-state index is 12.8. The van der Waals surface area contributed by atoms with Gasteiger partial charge in [-0.3, -0.25) is 9.59 Å². The van der Waals surface area contributed by atoms with Gasteiger partial charge in [0, 0.05) is 12.3 Å². The molecule has 1 unspecified atom stereocenters. The molecule has 0 radical (unpaired) electrons. The largest absolute Gasteiger partial charge is 0.340 e. The molecule has 21 heavy (non-hydrogen) atoms. The number of hydrogen-bond acceptors (Lipinski definition) is 3. The molecule has 0 bridgehead atoms. The second-order valence-electron chi connectivity index (χ2n) is 5.40. The first-order chi connectivity index (χ1) is 10.1. The van der Waals surface area contributed by atoms with Crippen LogP contribution in [-0.2, 0) is 4.79 Å². The third kappa shape index (κ3) is 3.40. The van der Waals surface area contributed by atoms with E-state index in [2.05, 4.69) is 12.2 Å². The lowest BCUT2D eigenvalue weighted by molar-refractivity contribution is -0.121. The molecular formula is C16H22N2O2S. The van der Waals surface area contributed by atoms with Gasteiger partial charge in [0.15, 0.2) is 0 Å². The predicted octanol–water partition coefficient (Wildman–Crippen LogP) is 2.54. The predicted molar refractivity (Wildman–Crippen MR) is 87.9 cm³/mol. The number of anilines is 1. The summed E-state index contributed by atoms with van der Waals surface area (Å²) < 4.78 is 0. The smallest absolute Gasteiger partial charge is 0.254 e. The summed E-state index contributed by atoms with van der Waals surface area (Å²) in [4.78, 5) is 26.9. The number of nitrogens with zero attached hydrogens (tertiary/aromatic N) is 1. The van der Waals surface area contributed by atoms with Crippen molar-refractivity contribution >= 4 is 29.3 Å². The lowest BCUT2D eigenvalue weighted by atomic mass is 10.0. The van der Waals surface area contributed by atoms with Crippen LogP contribution in [0.2, 0.25) is 0 Å². The second-order valence-corrected chi connectivity index (χ2v) is 6.79. The second kappa shape index (κ2) is 6.98. The molecule has 2 rings (SSSR count). The minimum atomic E-state index is -0.462. The first kappa shape index (κ1) is 15.9. The van der Waals surface area contributed by atoms with E-state index in [1.54, 1.807) is 22.7 Å². The number of rotatable bonds is 5. The van der Waals surface area contributed by atoms with Crippen LogP contribution in [-0.4, -0.2) is 35.9 Å². The summed E-state index contributed by atoms with van der Waals surface area (Å²) in [5.74, 6) is 1.78. The van der Waals surface area contributed by atoms with Gasteiger partial charge in [-0.15, -0.1) is 0 Å². The molecule has 0 saturated heterocycles. The molecule has 1 aliphatic heterocycles. The number of para-hydroxylation sites is 1. The van der Waals surface area contributed by atoms with Crippen molar-refractivity contribution in [2.45, 2.75) is 26.8 Å². The summed E-state index contributed by atoms with van der Waals surface area (Å²) in [7, 11) is 0. The molecule has 4 nitrogen and oxygen atoms in total. The molecule has 1 heterocycles. The van der Waals surface area contributed by atoms with Crippen LogP contribution < -0.4 is 10.2 Å². The number of fused-ring (bicyclic) bond motifs is 1. The summed E-state index contributed by atoms with van der Waals surface area (Å²) in [5, 5.41) is 2.87. The fourth-order valence-electron chi connectivity index (χ4n) is 2.45. The van der Waals surface area contributed by atoms with E-state index in [-0.39, 0.29) is 17.7 Å². The Morgan fingerprint density at radius 3 is 2.67 bits per heavy atom. The van der Waals surface area contributed by atoms with Crippen molar-refractivity contribution < 1.29 is 9.59 Å². The van der Waals surface area contributed by atoms with Gasteiger partial charge in [-0.1, -0.05) is 32.9 Å². The zero-order chi connectivity index (χ0) is 15.4. The summed E-state index contributed by atoms with van der Waals surface area (Å²) in [6.07, 6.45) is 0.